The average Bonchev–Trinajstić information content (AvgIpc) is 3.25. The molecular formula is C31H30N2O8. The summed E-state index contributed by atoms with van der Waals surface area (Å²) in [6, 6.07) is 13.1. The molecule has 1 aliphatic carbocycles. The number of allylic oxidation sites excluding steroid dienone is 4. The third-order valence-electron chi connectivity index (χ3n) is 7.56. The van der Waals surface area contributed by atoms with Crippen molar-refractivity contribution in [3.63, 3.8) is 0 Å². The van der Waals surface area contributed by atoms with Crippen molar-refractivity contribution in [2.24, 2.45) is 0 Å². The first-order valence-electron chi connectivity index (χ1n) is 13.0. The van der Waals surface area contributed by atoms with Crippen LogP contribution in [0.1, 0.15) is 40.9 Å². The van der Waals surface area contributed by atoms with E-state index in [-0.39, 0.29) is 65.2 Å². The van der Waals surface area contributed by atoms with Gasteiger partial charge in [0.2, 0.25) is 0 Å². The number of carbonyl (C=O) groups excluding carboxylic acids is 3. The van der Waals surface area contributed by atoms with Crippen molar-refractivity contribution in [3.8, 4) is 17.2 Å². The maximum absolute atomic E-state index is 13.8. The molecule has 0 fully saturated rings. The molecule has 5 rings (SSSR count). The first kappa shape index (κ1) is 27.9. The smallest absolute Gasteiger partial charge is 0.259 e. The van der Waals surface area contributed by atoms with Gasteiger partial charge in [-0.2, -0.15) is 0 Å². The molecule has 0 aromatic heterocycles. The van der Waals surface area contributed by atoms with Crippen molar-refractivity contribution in [2.75, 3.05) is 20.3 Å². The summed E-state index contributed by atoms with van der Waals surface area (Å²) in [6.07, 6.45) is 1.17. The van der Waals surface area contributed by atoms with Crippen molar-refractivity contribution >= 4 is 28.2 Å². The molecule has 0 unspecified atom stereocenters. The molecule has 10 nitrogen and oxygen atoms in total. The van der Waals surface area contributed by atoms with Crippen molar-refractivity contribution < 1.29 is 38.9 Å². The summed E-state index contributed by atoms with van der Waals surface area (Å²) in [4.78, 5) is 45.6. The number of hydroxylamine groups is 1. The van der Waals surface area contributed by atoms with E-state index in [0.29, 0.717) is 0 Å². The summed E-state index contributed by atoms with van der Waals surface area (Å²) >= 11 is 0. The third-order valence-corrected chi connectivity index (χ3v) is 7.56. The largest absolute Gasteiger partial charge is 0.507 e. The van der Waals surface area contributed by atoms with Crippen molar-refractivity contribution in [1.82, 2.24) is 10.8 Å². The van der Waals surface area contributed by atoms with Crippen LogP contribution in [0.5, 0.6) is 17.2 Å². The van der Waals surface area contributed by atoms with E-state index in [9.17, 15) is 19.5 Å². The number of phenols is 1. The number of methoxy groups -OCH3 is 1. The first-order chi connectivity index (χ1) is 19.6. The van der Waals surface area contributed by atoms with Gasteiger partial charge in [0.15, 0.2) is 17.3 Å². The lowest BCUT2D eigenvalue weighted by molar-refractivity contribution is -0.123. The van der Waals surface area contributed by atoms with Crippen molar-refractivity contribution in [3.05, 3.63) is 87.8 Å². The molecule has 1 atom stereocenters. The number of hydrogen-bond acceptors (Lipinski definition) is 9. The Labute approximate surface area is 236 Å². The van der Waals surface area contributed by atoms with Crippen LogP contribution in [0.15, 0.2) is 65.6 Å². The van der Waals surface area contributed by atoms with Gasteiger partial charge in [-0.3, -0.25) is 24.7 Å². The summed E-state index contributed by atoms with van der Waals surface area (Å²) in [5.74, 6) is -2.18. The van der Waals surface area contributed by atoms with E-state index < -0.39 is 22.9 Å². The highest BCUT2D eigenvalue weighted by Crippen LogP contribution is 2.56. The number of rotatable bonds is 8. The van der Waals surface area contributed by atoms with E-state index in [2.05, 4.69) is 10.8 Å². The molecule has 0 spiro atoms. The summed E-state index contributed by atoms with van der Waals surface area (Å²) in [5, 5.41) is 25.0. The third kappa shape index (κ3) is 4.51. The fraction of sp³-hybridized carbons (Fsp3) is 0.258. The predicted molar refractivity (Wildman–Crippen MR) is 149 cm³/mol. The van der Waals surface area contributed by atoms with Crippen LogP contribution in [0, 0.1) is 6.92 Å². The minimum atomic E-state index is -1.60. The maximum atomic E-state index is 13.8. The van der Waals surface area contributed by atoms with Gasteiger partial charge >= 0.3 is 0 Å². The van der Waals surface area contributed by atoms with E-state index in [1.165, 1.54) is 33.1 Å². The summed E-state index contributed by atoms with van der Waals surface area (Å²) in [7, 11) is 1.35. The van der Waals surface area contributed by atoms with Crippen molar-refractivity contribution in [1.29, 1.82) is 0 Å². The highest BCUT2D eigenvalue weighted by molar-refractivity contribution is 6.31. The minimum absolute atomic E-state index is 0.0124. The van der Waals surface area contributed by atoms with E-state index in [0.717, 1.165) is 21.9 Å². The first-order valence-corrected chi connectivity index (χ1v) is 13.0. The molecule has 41 heavy (non-hydrogen) atoms. The Kier molecular flexibility index (Phi) is 7.29. The molecule has 4 N–H and O–H groups in total. The molecule has 212 valence electrons. The molecule has 1 amide bonds. The van der Waals surface area contributed by atoms with Gasteiger partial charge in [0.05, 0.1) is 31.5 Å². The quantitative estimate of drug-likeness (QED) is 0.142. The lowest BCUT2D eigenvalue weighted by Gasteiger charge is -2.28. The number of aromatic hydroxyl groups is 1. The topological polar surface area (TPSA) is 143 Å². The number of carbonyl (C=O) groups is 3. The van der Waals surface area contributed by atoms with E-state index in [1.807, 2.05) is 43.3 Å². The summed E-state index contributed by atoms with van der Waals surface area (Å²) < 4.78 is 11.5. The van der Waals surface area contributed by atoms with Gasteiger partial charge in [-0.15, -0.1) is 0 Å². The molecule has 2 aliphatic rings. The van der Waals surface area contributed by atoms with E-state index in [1.54, 1.807) is 0 Å². The molecule has 0 saturated heterocycles. The molecule has 0 saturated carbocycles. The molecule has 3 aromatic carbocycles. The van der Waals surface area contributed by atoms with Gasteiger partial charge in [0.25, 0.3) is 5.91 Å². The number of amides is 1. The van der Waals surface area contributed by atoms with Crippen LogP contribution in [0.25, 0.3) is 10.8 Å². The summed E-state index contributed by atoms with van der Waals surface area (Å²) in [5.41, 5.74) is 2.83. The average molecular weight is 559 g/mol. The minimum Gasteiger partial charge on any atom is -0.507 e. The highest BCUT2D eigenvalue weighted by Gasteiger charge is 2.56. The second-order valence-corrected chi connectivity index (χ2v) is 10.0. The van der Waals surface area contributed by atoms with Crippen LogP contribution in [0.4, 0.5) is 0 Å². The number of aliphatic hydroxyl groups is 1. The monoisotopic (exact) mass is 558 g/mol. The lowest BCUT2D eigenvalue weighted by atomic mass is 9.70. The van der Waals surface area contributed by atoms with E-state index >= 15 is 0 Å². The summed E-state index contributed by atoms with van der Waals surface area (Å²) in [6.45, 7) is 4.86. The second kappa shape index (κ2) is 10.7. The van der Waals surface area contributed by atoms with Crippen LogP contribution in [-0.4, -0.2) is 48.0 Å². The number of aliphatic hydroxyl groups excluding tert-OH is 1. The predicted octanol–water partition coefficient (Wildman–Crippen LogP) is 3.27. The van der Waals surface area contributed by atoms with Gasteiger partial charge in [-0.05, 0) is 42.7 Å². The fourth-order valence-electron chi connectivity index (χ4n) is 5.42. The molecule has 0 radical (unpaired) electrons. The lowest BCUT2D eigenvalue weighted by Crippen LogP contribution is -2.41. The number of Topliss-reactive ketones (excluding diaryl/α,β-unsaturated/α-hetero) is 1. The number of phenolic OH excluding ortho intramolecular Hbond substituents is 1. The SMILES string of the molecule is COc1cc(O)c2c(c1C(=O)NCc1c(C)ccc3ccccc13)OC1=CC(=O)C(=C(C)NOCCO)C(=O)[C@]12C. The maximum Gasteiger partial charge on any atom is 0.259 e. The zero-order valence-corrected chi connectivity index (χ0v) is 23.1. The Morgan fingerprint density at radius 1 is 1.15 bits per heavy atom. The fourth-order valence-corrected chi connectivity index (χ4v) is 5.42. The van der Waals surface area contributed by atoms with Gasteiger partial charge in [-0.25, -0.2) is 0 Å². The molecule has 1 aliphatic heterocycles. The Morgan fingerprint density at radius 3 is 2.63 bits per heavy atom. The molecule has 1 heterocycles. The van der Waals surface area contributed by atoms with Gasteiger partial charge in [0, 0.05) is 24.4 Å². The van der Waals surface area contributed by atoms with Gasteiger partial charge in [-0.1, -0.05) is 36.4 Å². The molecule has 0 bridgehead atoms. The second-order valence-electron chi connectivity index (χ2n) is 10.0. The molecular weight excluding hydrogens is 528 g/mol. The number of benzene rings is 3. The Balaban J connectivity index is 1.56. The molecule has 3 aromatic rings. The Bertz CT molecular complexity index is 1670. The Morgan fingerprint density at radius 2 is 1.90 bits per heavy atom. The number of ketones is 2. The van der Waals surface area contributed by atoms with Crippen LogP contribution < -0.4 is 20.3 Å². The van der Waals surface area contributed by atoms with Crippen LogP contribution >= 0.6 is 0 Å². The number of ether oxygens (including phenoxy) is 2. The normalized spacial score (nSPS) is 18.8. The van der Waals surface area contributed by atoms with Gasteiger partial charge < -0.3 is 25.0 Å². The van der Waals surface area contributed by atoms with Crippen LogP contribution in [0.3, 0.4) is 0 Å². The Hall–Kier alpha value is -4.67. The standard InChI is InChI=1S/C31H30N2O8/c1-16-9-10-18-7-5-6-8-19(18)20(16)15-32-30(38)26-23(39-4)13-22(36)27-28(26)41-24-14-21(35)25(29(37)31(24,27)3)17(2)33-40-12-11-34/h5-10,13-14,33-34,36H,11-12,15H2,1-4H3,(H,32,38)/t31-/m1/s1. The number of hydrogen-bond donors (Lipinski definition) is 4. The van der Waals surface area contributed by atoms with Crippen LogP contribution in [-0.2, 0) is 26.4 Å². The van der Waals surface area contributed by atoms with Crippen molar-refractivity contribution in [2.45, 2.75) is 32.7 Å². The zero-order chi connectivity index (χ0) is 29.5. The van der Waals surface area contributed by atoms with Crippen LogP contribution in [0.2, 0.25) is 0 Å². The molecule has 10 heteroatoms. The number of fused-ring (bicyclic) bond motifs is 4. The number of nitrogens with one attached hydrogen (secondary N) is 2. The van der Waals surface area contributed by atoms with Gasteiger partial charge in [0.1, 0.15) is 28.2 Å². The van der Waals surface area contributed by atoms with E-state index in [4.69, 9.17) is 19.4 Å². The highest BCUT2D eigenvalue weighted by atomic mass is 16.6. The number of aryl methyl sites for hydroxylation is 1. The zero-order valence-electron chi connectivity index (χ0n) is 23.1.